The van der Waals surface area contributed by atoms with Crippen LogP contribution in [0.1, 0.15) is 388 Å². The maximum atomic E-state index is 12.9. The highest BCUT2D eigenvalue weighted by Gasteiger charge is 2.20. The van der Waals surface area contributed by atoms with Gasteiger partial charge in [-0.3, -0.25) is 14.4 Å². The lowest BCUT2D eigenvalue weighted by molar-refractivity contribution is -0.167. The Morgan fingerprint density at radius 3 is 0.770 bits per heavy atom. The highest BCUT2D eigenvalue weighted by Crippen LogP contribution is 2.20. The quantitative estimate of drug-likeness (QED) is 0.0343. The van der Waals surface area contributed by atoms with E-state index in [9.17, 15) is 14.4 Å². The molecule has 0 saturated carbocycles. The Labute approximate surface area is 463 Å². The fraction of sp³-hybridized carbons (Fsp3) is 0.956. The third-order valence-corrected chi connectivity index (χ3v) is 16.1. The molecular formula is C68H132O6. The summed E-state index contributed by atoms with van der Waals surface area (Å²) in [6.07, 6.45) is 68.2. The minimum absolute atomic E-state index is 0.0614. The molecule has 0 aliphatic heterocycles. The van der Waals surface area contributed by atoms with Crippen LogP contribution in [-0.2, 0) is 28.6 Å². The van der Waals surface area contributed by atoms with E-state index < -0.39 is 6.10 Å². The Kier molecular flexibility index (Phi) is 59.3. The lowest BCUT2D eigenvalue weighted by atomic mass is 9.99. The molecule has 440 valence electrons. The van der Waals surface area contributed by atoms with Crippen molar-refractivity contribution < 1.29 is 28.6 Å². The monoisotopic (exact) mass is 1050 g/mol. The van der Waals surface area contributed by atoms with Gasteiger partial charge in [0.1, 0.15) is 13.2 Å². The molecule has 74 heavy (non-hydrogen) atoms. The number of esters is 3. The lowest BCUT2D eigenvalue weighted by Crippen LogP contribution is -2.30. The van der Waals surface area contributed by atoms with E-state index in [1.165, 1.54) is 276 Å². The summed E-state index contributed by atoms with van der Waals surface area (Å²) in [6.45, 7) is 11.5. The zero-order chi connectivity index (χ0) is 53.9. The van der Waals surface area contributed by atoms with E-state index in [1.54, 1.807) is 0 Å². The number of hydrogen-bond donors (Lipinski definition) is 0. The standard InChI is InChI=1S/C68H132O6/c1-6-8-9-10-11-12-13-14-15-18-22-28-33-38-43-48-53-58-66(69)72-61-65(74-68(71)60-55-50-45-40-35-30-25-24-27-32-37-42-47-52-57-64(5)7-2)62-73-67(70)59-54-49-44-39-34-29-23-20-17-16-19-21-26-31-36-41-46-51-56-63(3)4/h63-65H,6-62H2,1-5H3/t64?,65-/m0/s1. The van der Waals surface area contributed by atoms with Crippen molar-refractivity contribution in [3.05, 3.63) is 0 Å². The normalized spacial score (nSPS) is 12.4. The van der Waals surface area contributed by atoms with E-state index in [4.69, 9.17) is 14.2 Å². The van der Waals surface area contributed by atoms with Gasteiger partial charge in [0.2, 0.25) is 0 Å². The molecule has 0 saturated heterocycles. The largest absolute Gasteiger partial charge is 0.462 e. The minimum atomic E-state index is -0.764. The Balaban J connectivity index is 4.28. The minimum Gasteiger partial charge on any atom is -0.462 e. The summed E-state index contributed by atoms with van der Waals surface area (Å²) in [5, 5.41) is 0. The molecule has 2 atom stereocenters. The van der Waals surface area contributed by atoms with E-state index in [-0.39, 0.29) is 31.1 Å². The van der Waals surface area contributed by atoms with Crippen LogP contribution in [-0.4, -0.2) is 37.2 Å². The Morgan fingerprint density at radius 2 is 0.514 bits per heavy atom. The first-order chi connectivity index (χ1) is 36.3. The molecule has 0 radical (unpaired) electrons. The van der Waals surface area contributed by atoms with Gasteiger partial charge in [-0.1, -0.05) is 349 Å². The number of ether oxygens (including phenoxy) is 3. The van der Waals surface area contributed by atoms with Crippen LogP contribution in [0.5, 0.6) is 0 Å². The van der Waals surface area contributed by atoms with Crippen molar-refractivity contribution in [2.45, 2.75) is 394 Å². The molecule has 0 rings (SSSR count). The summed E-state index contributed by atoms with van der Waals surface area (Å²) in [4.78, 5) is 38.4. The van der Waals surface area contributed by atoms with E-state index in [0.29, 0.717) is 19.3 Å². The molecular weight excluding hydrogens is 913 g/mol. The predicted molar refractivity (Wildman–Crippen MR) is 321 cm³/mol. The van der Waals surface area contributed by atoms with Crippen LogP contribution in [0.25, 0.3) is 0 Å². The molecule has 0 spiro atoms. The lowest BCUT2D eigenvalue weighted by Gasteiger charge is -2.18. The van der Waals surface area contributed by atoms with E-state index in [1.807, 2.05) is 0 Å². The van der Waals surface area contributed by atoms with Crippen LogP contribution in [0.2, 0.25) is 0 Å². The predicted octanol–water partition coefficient (Wildman–Crippen LogP) is 22.8. The van der Waals surface area contributed by atoms with Crippen LogP contribution in [0.3, 0.4) is 0 Å². The van der Waals surface area contributed by atoms with Crippen molar-refractivity contribution in [2.75, 3.05) is 13.2 Å². The number of rotatable bonds is 62. The van der Waals surface area contributed by atoms with Gasteiger partial charge >= 0.3 is 17.9 Å². The topological polar surface area (TPSA) is 78.9 Å². The maximum Gasteiger partial charge on any atom is 0.306 e. The number of carbonyl (C=O) groups excluding carboxylic acids is 3. The van der Waals surface area contributed by atoms with Crippen molar-refractivity contribution in [3.8, 4) is 0 Å². The summed E-state index contributed by atoms with van der Waals surface area (Å²) >= 11 is 0. The van der Waals surface area contributed by atoms with Crippen molar-refractivity contribution in [2.24, 2.45) is 11.8 Å². The van der Waals surface area contributed by atoms with Gasteiger partial charge in [0, 0.05) is 19.3 Å². The van der Waals surface area contributed by atoms with E-state index in [2.05, 4.69) is 34.6 Å². The maximum absolute atomic E-state index is 12.9. The van der Waals surface area contributed by atoms with Gasteiger partial charge in [-0.15, -0.1) is 0 Å². The molecule has 0 aromatic rings. The summed E-state index contributed by atoms with van der Waals surface area (Å²) in [6, 6.07) is 0. The van der Waals surface area contributed by atoms with Gasteiger partial charge in [0.15, 0.2) is 6.10 Å². The highest BCUT2D eigenvalue weighted by molar-refractivity contribution is 5.71. The van der Waals surface area contributed by atoms with Gasteiger partial charge < -0.3 is 14.2 Å². The average Bonchev–Trinajstić information content (AvgIpc) is 3.39. The molecule has 6 heteroatoms. The third kappa shape index (κ3) is 59.7. The zero-order valence-corrected chi connectivity index (χ0v) is 51.0. The van der Waals surface area contributed by atoms with Gasteiger partial charge in [-0.05, 0) is 31.1 Å². The Bertz CT molecular complexity index is 1140. The van der Waals surface area contributed by atoms with Crippen molar-refractivity contribution in [3.63, 3.8) is 0 Å². The van der Waals surface area contributed by atoms with Gasteiger partial charge in [-0.2, -0.15) is 0 Å². The third-order valence-electron chi connectivity index (χ3n) is 16.1. The molecule has 0 N–H and O–H groups in total. The van der Waals surface area contributed by atoms with Crippen LogP contribution in [0, 0.1) is 11.8 Å². The van der Waals surface area contributed by atoms with Crippen LogP contribution < -0.4 is 0 Å². The fourth-order valence-electron chi connectivity index (χ4n) is 10.6. The van der Waals surface area contributed by atoms with Crippen molar-refractivity contribution >= 4 is 17.9 Å². The smallest absolute Gasteiger partial charge is 0.306 e. The average molecular weight is 1050 g/mol. The number of carbonyl (C=O) groups is 3. The fourth-order valence-corrected chi connectivity index (χ4v) is 10.6. The van der Waals surface area contributed by atoms with Crippen LogP contribution in [0.4, 0.5) is 0 Å². The van der Waals surface area contributed by atoms with Crippen molar-refractivity contribution in [1.82, 2.24) is 0 Å². The van der Waals surface area contributed by atoms with E-state index >= 15 is 0 Å². The molecule has 0 heterocycles. The first-order valence-corrected chi connectivity index (χ1v) is 33.8. The molecule has 1 unspecified atom stereocenters. The highest BCUT2D eigenvalue weighted by atomic mass is 16.6. The molecule has 0 aliphatic carbocycles. The molecule has 0 bridgehead atoms. The first-order valence-electron chi connectivity index (χ1n) is 33.8. The number of hydrogen-bond acceptors (Lipinski definition) is 6. The Hall–Kier alpha value is -1.59. The Morgan fingerprint density at radius 1 is 0.284 bits per heavy atom. The molecule has 0 aliphatic rings. The molecule has 0 aromatic heterocycles. The van der Waals surface area contributed by atoms with Crippen LogP contribution in [0.15, 0.2) is 0 Å². The second kappa shape index (κ2) is 60.6. The summed E-state index contributed by atoms with van der Waals surface area (Å²) in [5.74, 6) is 0.927. The molecule has 0 fully saturated rings. The molecule has 6 nitrogen and oxygen atoms in total. The van der Waals surface area contributed by atoms with Gasteiger partial charge in [0.25, 0.3) is 0 Å². The number of unbranched alkanes of at least 4 members (excludes halogenated alkanes) is 46. The van der Waals surface area contributed by atoms with Gasteiger partial charge in [-0.25, -0.2) is 0 Å². The summed E-state index contributed by atoms with van der Waals surface area (Å²) in [7, 11) is 0. The second-order valence-electron chi connectivity index (χ2n) is 24.2. The SMILES string of the molecule is CCCCCCCCCCCCCCCCCCCC(=O)OC[C@@H](COC(=O)CCCCCCCCCCCCCCCCCCCCC(C)C)OC(=O)CCCCCCCCCCCCCCCCC(C)CC. The van der Waals surface area contributed by atoms with Crippen LogP contribution >= 0.6 is 0 Å². The van der Waals surface area contributed by atoms with Gasteiger partial charge in [0.05, 0.1) is 0 Å². The zero-order valence-electron chi connectivity index (χ0n) is 51.0. The van der Waals surface area contributed by atoms with Crippen molar-refractivity contribution in [1.29, 1.82) is 0 Å². The summed E-state index contributed by atoms with van der Waals surface area (Å²) < 4.78 is 17.0. The van der Waals surface area contributed by atoms with E-state index in [0.717, 1.165) is 69.6 Å². The molecule has 0 amide bonds. The molecule has 0 aromatic carbocycles. The summed E-state index contributed by atoms with van der Waals surface area (Å²) in [5.41, 5.74) is 0. The first kappa shape index (κ1) is 72.4. The second-order valence-corrected chi connectivity index (χ2v) is 24.2.